The van der Waals surface area contributed by atoms with Gasteiger partial charge in [-0.2, -0.15) is 0 Å². The van der Waals surface area contributed by atoms with E-state index in [1.165, 1.54) is 11.3 Å². The van der Waals surface area contributed by atoms with Crippen LogP contribution in [-0.2, 0) is 0 Å². The van der Waals surface area contributed by atoms with Gasteiger partial charge in [0.15, 0.2) is 0 Å². The van der Waals surface area contributed by atoms with Gasteiger partial charge in [0.2, 0.25) is 0 Å². The molecule has 84 valence electrons. The molecule has 0 aliphatic carbocycles. The molecule has 0 bridgehead atoms. The van der Waals surface area contributed by atoms with E-state index in [2.05, 4.69) is 13.8 Å². The van der Waals surface area contributed by atoms with Crippen LogP contribution in [0.2, 0.25) is 0 Å². The van der Waals surface area contributed by atoms with Crippen molar-refractivity contribution in [1.82, 2.24) is 0 Å². The number of methoxy groups -OCH3 is 1. The van der Waals surface area contributed by atoms with Gasteiger partial charge in [-0.25, -0.2) is 0 Å². The molecule has 3 heteroatoms. The molecule has 0 unspecified atom stereocenters. The Morgan fingerprint density at radius 1 is 1.40 bits per heavy atom. The molecule has 0 saturated carbocycles. The van der Waals surface area contributed by atoms with Crippen LogP contribution >= 0.6 is 11.8 Å². The number of hydrogen-bond donors (Lipinski definition) is 1. The molecule has 2 N–H and O–H groups in total. The average Bonchev–Trinajstić information content (AvgIpc) is 2.19. The minimum Gasteiger partial charge on any atom is -0.496 e. The van der Waals surface area contributed by atoms with Crippen molar-refractivity contribution in [2.24, 2.45) is 5.92 Å². The van der Waals surface area contributed by atoms with Gasteiger partial charge < -0.3 is 10.5 Å². The van der Waals surface area contributed by atoms with Gasteiger partial charge in [-0.3, -0.25) is 0 Å². The standard InChI is InChI=1S/C12H19NOS/c1-9(2)6-7-15-12-5-4-10(13)8-11(12)14-3/h4-5,8-9H,6-7,13H2,1-3H3. The highest BCUT2D eigenvalue weighted by Gasteiger charge is 2.04. The van der Waals surface area contributed by atoms with Crippen molar-refractivity contribution in [3.05, 3.63) is 18.2 Å². The first-order valence-electron chi connectivity index (χ1n) is 5.19. The molecule has 0 atom stereocenters. The van der Waals surface area contributed by atoms with Crippen molar-refractivity contribution >= 4 is 17.4 Å². The number of nitrogen functional groups attached to an aromatic ring is 1. The number of benzene rings is 1. The van der Waals surface area contributed by atoms with E-state index in [0.717, 1.165) is 23.1 Å². The first-order chi connectivity index (χ1) is 7.13. The van der Waals surface area contributed by atoms with Gasteiger partial charge in [0.25, 0.3) is 0 Å². The fourth-order valence-corrected chi connectivity index (χ4v) is 2.47. The molecular weight excluding hydrogens is 206 g/mol. The summed E-state index contributed by atoms with van der Waals surface area (Å²) in [4.78, 5) is 1.17. The van der Waals surface area contributed by atoms with E-state index in [4.69, 9.17) is 10.5 Å². The van der Waals surface area contributed by atoms with Crippen molar-refractivity contribution in [3.63, 3.8) is 0 Å². The minimum atomic E-state index is 0.747. The summed E-state index contributed by atoms with van der Waals surface area (Å²) in [7, 11) is 1.68. The molecule has 1 aromatic carbocycles. The zero-order chi connectivity index (χ0) is 11.3. The molecule has 2 nitrogen and oxygen atoms in total. The predicted molar refractivity (Wildman–Crippen MR) is 67.6 cm³/mol. The maximum atomic E-state index is 5.69. The Labute approximate surface area is 96.2 Å². The summed E-state index contributed by atoms with van der Waals surface area (Å²) < 4.78 is 5.28. The molecule has 1 aromatic rings. The highest BCUT2D eigenvalue weighted by atomic mass is 32.2. The first kappa shape index (κ1) is 12.2. The smallest absolute Gasteiger partial charge is 0.134 e. The average molecular weight is 225 g/mol. The fraction of sp³-hybridized carbons (Fsp3) is 0.500. The van der Waals surface area contributed by atoms with E-state index in [1.807, 2.05) is 30.0 Å². The van der Waals surface area contributed by atoms with Crippen LogP contribution in [0, 0.1) is 5.92 Å². The highest BCUT2D eigenvalue weighted by molar-refractivity contribution is 7.99. The lowest BCUT2D eigenvalue weighted by molar-refractivity contribution is 0.405. The number of thioether (sulfide) groups is 1. The number of anilines is 1. The van der Waals surface area contributed by atoms with Gasteiger partial charge >= 0.3 is 0 Å². The lowest BCUT2D eigenvalue weighted by atomic mass is 10.2. The van der Waals surface area contributed by atoms with Crippen LogP contribution in [0.25, 0.3) is 0 Å². The number of nitrogens with two attached hydrogens (primary N) is 1. The van der Waals surface area contributed by atoms with Crippen LogP contribution in [0.3, 0.4) is 0 Å². The van der Waals surface area contributed by atoms with E-state index >= 15 is 0 Å². The maximum Gasteiger partial charge on any atom is 0.134 e. The second-order valence-corrected chi connectivity index (χ2v) is 5.08. The van der Waals surface area contributed by atoms with Gasteiger partial charge in [-0.05, 0) is 30.2 Å². The van der Waals surface area contributed by atoms with E-state index in [-0.39, 0.29) is 0 Å². The van der Waals surface area contributed by atoms with E-state index in [1.54, 1.807) is 7.11 Å². The first-order valence-corrected chi connectivity index (χ1v) is 6.18. The molecule has 15 heavy (non-hydrogen) atoms. The summed E-state index contributed by atoms with van der Waals surface area (Å²) >= 11 is 1.83. The Morgan fingerprint density at radius 2 is 2.13 bits per heavy atom. The van der Waals surface area contributed by atoms with Crippen LogP contribution in [0.1, 0.15) is 20.3 Å². The van der Waals surface area contributed by atoms with Crippen LogP contribution in [0.15, 0.2) is 23.1 Å². The summed E-state index contributed by atoms with van der Waals surface area (Å²) in [6.07, 6.45) is 1.22. The summed E-state index contributed by atoms with van der Waals surface area (Å²) in [5, 5.41) is 0. The molecule has 0 aromatic heterocycles. The van der Waals surface area contributed by atoms with E-state index in [9.17, 15) is 0 Å². The summed E-state index contributed by atoms with van der Waals surface area (Å²) in [6, 6.07) is 5.82. The molecule has 0 spiro atoms. The molecule has 0 amide bonds. The molecule has 0 saturated heterocycles. The highest BCUT2D eigenvalue weighted by Crippen LogP contribution is 2.31. The Hall–Kier alpha value is -0.830. The Bertz CT molecular complexity index is 312. The lowest BCUT2D eigenvalue weighted by Gasteiger charge is -2.09. The number of hydrogen-bond acceptors (Lipinski definition) is 3. The summed E-state index contributed by atoms with van der Waals surface area (Å²) in [5.41, 5.74) is 6.44. The monoisotopic (exact) mass is 225 g/mol. The lowest BCUT2D eigenvalue weighted by Crippen LogP contribution is -1.93. The molecule has 0 aliphatic heterocycles. The third-order valence-electron chi connectivity index (χ3n) is 2.14. The third-order valence-corrected chi connectivity index (χ3v) is 3.23. The maximum absolute atomic E-state index is 5.69. The minimum absolute atomic E-state index is 0.747. The Morgan fingerprint density at radius 3 is 2.73 bits per heavy atom. The number of rotatable bonds is 5. The number of ether oxygens (including phenoxy) is 1. The van der Waals surface area contributed by atoms with Gasteiger partial charge in [0.05, 0.1) is 7.11 Å². The van der Waals surface area contributed by atoms with Crippen molar-refractivity contribution in [1.29, 1.82) is 0 Å². The van der Waals surface area contributed by atoms with E-state index in [0.29, 0.717) is 0 Å². The molecule has 0 fully saturated rings. The van der Waals surface area contributed by atoms with Crippen LogP contribution in [-0.4, -0.2) is 12.9 Å². The van der Waals surface area contributed by atoms with Crippen molar-refractivity contribution < 1.29 is 4.74 Å². The van der Waals surface area contributed by atoms with Gasteiger partial charge in [-0.15, -0.1) is 11.8 Å². The molecule has 0 radical (unpaired) electrons. The van der Waals surface area contributed by atoms with Crippen molar-refractivity contribution in [2.75, 3.05) is 18.6 Å². The Balaban J connectivity index is 2.60. The van der Waals surface area contributed by atoms with Gasteiger partial charge in [0, 0.05) is 16.6 Å². The van der Waals surface area contributed by atoms with Crippen LogP contribution in [0.4, 0.5) is 5.69 Å². The normalized spacial score (nSPS) is 10.7. The summed E-state index contributed by atoms with van der Waals surface area (Å²) in [6.45, 7) is 4.47. The predicted octanol–water partition coefficient (Wildman–Crippen LogP) is 3.42. The SMILES string of the molecule is COc1cc(N)ccc1SCCC(C)C. The second-order valence-electron chi connectivity index (χ2n) is 3.94. The van der Waals surface area contributed by atoms with Crippen molar-refractivity contribution in [2.45, 2.75) is 25.2 Å². The van der Waals surface area contributed by atoms with Gasteiger partial charge in [0.1, 0.15) is 5.75 Å². The largest absolute Gasteiger partial charge is 0.496 e. The Kier molecular flexibility index (Phi) is 4.82. The summed E-state index contributed by atoms with van der Waals surface area (Å²) in [5.74, 6) is 2.75. The zero-order valence-electron chi connectivity index (χ0n) is 9.62. The third kappa shape index (κ3) is 4.04. The molecule has 0 heterocycles. The van der Waals surface area contributed by atoms with E-state index < -0.39 is 0 Å². The van der Waals surface area contributed by atoms with Gasteiger partial charge in [-0.1, -0.05) is 13.8 Å². The quantitative estimate of drug-likeness (QED) is 0.616. The second kappa shape index (κ2) is 5.91. The molecule has 0 aliphatic rings. The van der Waals surface area contributed by atoms with Crippen molar-refractivity contribution in [3.8, 4) is 5.75 Å². The van der Waals surface area contributed by atoms with Crippen LogP contribution in [0.5, 0.6) is 5.75 Å². The van der Waals surface area contributed by atoms with Crippen LogP contribution < -0.4 is 10.5 Å². The molecular formula is C12H19NOS. The zero-order valence-corrected chi connectivity index (χ0v) is 10.4. The fourth-order valence-electron chi connectivity index (χ4n) is 1.21. The topological polar surface area (TPSA) is 35.2 Å². The molecule has 1 rings (SSSR count).